The van der Waals surface area contributed by atoms with Gasteiger partial charge in [-0.15, -0.1) is 0 Å². The Morgan fingerprint density at radius 2 is 1.37 bits per heavy atom. The molecule has 0 unspecified atom stereocenters. The third-order valence-corrected chi connectivity index (χ3v) is 9.96. The van der Waals surface area contributed by atoms with Gasteiger partial charge < -0.3 is 38.8 Å². The fourth-order valence-electron chi connectivity index (χ4n) is 6.85. The third-order valence-electron chi connectivity index (χ3n) is 9.96. The largest absolute Gasteiger partial charge is 0.490 e. The molecule has 2 N–H and O–H groups in total. The van der Waals surface area contributed by atoms with Gasteiger partial charge >= 0.3 is 0 Å². The number of hydrogen-bond acceptors (Lipinski definition) is 8. The van der Waals surface area contributed by atoms with Crippen LogP contribution >= 0.6 is 0 Å². The van der Waals surface area contributed by atoms with Crippen LogP contribution in [0, 0.1) is 0 Å². The van der Waals surface area contributed by atoms with E-state index in [0.29, 0.717) is 30.3 Å². The topological polar surface area (TPSA) is 105 Å². The monoisotopic (exact) mass is 725 g/mol. The predicted molar refractivity (Wildman–Crippen MR) is 205 cm³/mol. The zero-order valence-corrected chi connectivity index (χ0v) is 32.5. The quantitative estimate of drug-likeness (QED) is 0.0977. The summed E-state index contributed by atoms with van der Waals surface area (Å²) >= 11 is 0. The molecular formula is C43H67NO8. The van der Waals surface area contributed by atoms with Gasteiger partial charge in [-0.05, 0) is 50.5 Å². The molecule has 1 amide bonds. The predicted octanol–water partition coefficient (Wildman–Crippen LogP) is 9.28. The van der Waals surface area contributed by atoms with Gasteiger partial charge in [0.2, 0.25) is 0 Å². The lowest BCUT2D eigenvalue weighted by Crippen LogP contribution is -2.68. The highest BCUT2D eigenvalue weighted by Crippen LogP contribution is 2.34. The van der Waals surface area contributed by atoms with Crippen molar-refractivity contribution in [3.05, 3.63) is 59.7 Å². The van der Waals surface area contributed by atoms with Crippen LogP contribution < -0.4 is 14.8 Å². The average molecular weight is 726 g/mol. The molecule has 292 valence electrons. The number of carbonyl (C=O) groups is 1. The van der Waals surface area contributed by atoms with Crippen molar-refractivity contribution in [1.29, 1.82) is 0 Å². The molecule has 0 bridgehead atoms. The molecule has 2 aliphatic rings. The number of fused-ring (bicyclic) bond motifs is 1. The zero-order valence-electron chi connectivity index (χ0n) is 32.5. The maximum absolute atomic E-state index is 13.9. The Bertz CT molecular complexity index is 1270. The van der Waals surface area contributed by atoms with E-state index in [0.717, 1.165) is 31.2 Å². The molecule has 2 heterocycles. The summed E-state index contributed by atoms with van der Waals surface area (Å²) in [6.07, 6.45) is 16.2. The SMILES string of the molecule is CCCCCCCCCCOc1ccc(C(=O)N[C@H]2[C@H](OCc3ccccc3)O[C@@H]3COC(C)(C)O[C@H]3[C@@H]2O)cc1OCCCCCCCCCC. The first kappa shape index (κ1) is 42.1. The van der Waals surface area contributed by atoms with Gasteiger partial charge in [-0.25, -0.2) is 0 Å². The van der Waals surface area contributed by atoms with E-state index >= 15 is 0 Å². The van der Waals surface area contributed by atoms with Crippen LogP contribution in [0.3, 0.4) is 0 Å². The van der Waals surface area contributed by atoms with Gasteiger partial charge in [0, 0.05) is 5.56 Å². The van der Waals surface area contributed by atoms with Crippen molar-refractivity contribution in [3.8, 4) is 11.5 Å². The van der Waals surface area contributed by atoms with Crippen LogP contribution in [0.4, 0.5) is 0 Å². The molecule has 5 atom stereocenters. The van der Waals surface area contributed by atoms with E-state index in [9.17, 15) is 9.90 Å². The summed E-state index contributed by atoms with van der Waals surface area (Å²) in [5.41, 5.74) is 1.35. The Hall–Kier alpha value is -2.69. The minimum absolute atomic E-state index is 0.237. The highest BCUT2D eigenvalue weighted by molar-refractivity contribution is 5.95. The molecule has 2 aromatic rings. The maximum Gasteiger partial charge on any atom is 0.251 e. The summed E-state index contributed by atoms with van der Waals surface area (Å²) in [4.78, 5) is 13.9. The van der Waals surface area contributed by atoms with Crippen LogP contribution in [-0.2, 0) is 25.6 Å². The number of amides is 1. The third kappa shape index (κ3) is 14.3. The number of nitrogens with one attached hydrogen (secondary N) is 1. The van der Waals surface area contributed by atoms with Gasteiger partial charge in [0.25, 0.3) is 5.91 Å². The molecule has 2 aromatic carbocycles. The van der Waals surface area contributed by atoms with Crippen molar-refractivity contribution in [2.24, 2.45) is 0 Å². The van der Waals surface area contributed by atoms with E-state index in [-0.39, 0.29) is 19.1 Å². The van der Waals surface area contributed by atoms with Gasteiger partial charge in [-0.3, -0.25) is 4.79 Å². The smallest absolute Gasteiger partial charge is 0.251 e. The molecule has 4 rings (SSSR count). The van der Waals surface area contributed by atoms with Crippen molar-refractivity contribution in [2.45, 2.75) is 173 Å². The number of hydrogen-bond donors (Lipinski definition) is 2. The minimum Gasteiger partial charge on any atom is -0.490 e. The fraction of sp³-hybridized carbons (Fsp3) is 0.698. The number of unbranched alkanes of at least 4 members (excludes halogenated alkanes) is 14. The molecule has 0 saturated carbocycles. The van der Waals surface area contributed by atoms with E-state index in [1.54, 1.807) is 26.0 Å². The average Bonchev–Trinajstić information content (AvgIpc) is 3.14. The molecule has 2 aliphatic heterocycles. The standard InChI is InChI=1S/C43H67NO8/c1-5-7-9-11-13-15-17-22-28-47-35-27-26-34(30-36(35)48-29-23-18-16-14-12-10-8-6-2)41(46)44-38-39(45)40-37(32-50-43(3,4)52-40)51-42(38)49-31-33-24-20-19-21-25-33/h19-21,24-27,30,37-40,42,45H,5-18,22-23,28-29,31-32H2,1-4H3,(H,44,46)/t37-,38-,39-,40-,42-/m1/s1. The summed E-state index contributed by atoms with van der Waals surface area (Å²) in [5.74, 6) is -0.0759. The van der Waals surface area contributed by atoms with Crippen LogP contribution in [0.15, 0.2) is 48.5 Å². The summed E-state index contributed by atoms with van der Waals surface area (Å²) in [5, 5.41) is 14.6. The van der Waals surface area contributed by atoms with Crippen molar-refractivity contribution in [1.82, 2.24) is 5.32 Å². The second kappa shape index (κ2) is 23.2. The van der Waals surface area contributed by atoms with Crippen LogP contribution in [0.5, 0.6) is 11.5 Å². The number of ether oxygens (including phenoxy) is 6. The van der Waals surface area contributed by atoms with Crippen LogP contribution in [0.2, 0.25) is 0 Å². The summed E-state index contributed by atoms with van der Waals surface area (Å²) < 4.78 is 36.9. The molecule has 0 aromatic heterocycles. The molecule has 9 nitrogen and oxygen atoms in total. The van der Waals surface area contributed by atoms with Gasteiger partial charge in [-0.1, -0.05) is 134 Å². The highest BCUT2D eigenvalue weighted by atomic mass is 16.8. The first-order valence-corrected chi connectivity index (χ1v) is 20.3. The lowest BCUT2D eigenvalue weighted by Gasteiger charge is -2.49. The van der Waals surface area contributed by atoms with E-state index in [1.165, 1.54) is 77.0 Å². The Morgan fingerprint density at radius 1 is 0.788 bits per heavy atom. The van der Waals surface area contributed by atoms with Gasteiger partial charge in [0.15, 0.2) is 23.6 Å². The van der Waals surface area contributed by atoms with Crippen molar-refractivity contribution < 1.29 is 38.3 Å². The molecule has 2 saturated heterocycles. The van der Waals surface area contributed by atoms with E-state index in [1.807, 2.05) is 36.4 Å². The summed E-state index contributed by atoms with van der Waals surface area (Å²) in [6.45, 7) is 9.73. The fourth-order valence-corrected chi connectivity index (χ4v) is 6.85. The first-order valence-electron chi connectivity index (χ1n) is 20.3. The van der Waals surface area contributed by atoms with E-state index in [4.69, 9.17) is 28.4 Å². The number of rotatable bonds is 25. The second-order valence-corrected chi connectivity index (χ2v) is 14.9. The Balaban J connectivity index is 1.40. The van der Waals surface area contributed by atoms with Crippen molar-refractivity contribution >= 4 is 5.91 Å². The van der Waals surface area contributed by atoms with Crippen molar-refractivity contribution in [2.75, 3.05) is 19.8 Å². The van der Waals surface area contributed by atoms with Gasteiger partial charge in [0.1, 0.15) is 24.4 Å². The minimum atomic E-state index is -1.10. The molecular weight excluding hydrogens is 658 g/mol. The Kier molecular flexibility index (Phi) is 18.7. The Labute approximate surface area is 313 Å². The highest BCUT2D eigenvalue weighted by Gasteiger charge is 2.51. The number of carbonyl (C=O) groups excluding carboxylic acids is 1. The zero-order chi connectivity index (χ0) is 37.0. The number of aliphatic hydroxyl groups is 1. The summed E-state index contributed by atoms with van der Waals surface area (Å²) in [6, 6.07) is 14.1. The normalized spacial score (nSPS) is 22.4. The van der Waals surface area contributed by atoms with E-state index in [2.05, 4.69) is 19.2 Å². The molecule has 2 fully saturated rings. The van der Waals surface area contributed by atoms with Crippen LogP contribution in [0.25, 0.3) is 0 Å². The number of aliphatic hydroxyl groups excluding tert-OH is 1. The van der Waals surface area contributed by atoms with Crippen molar-refractivity contribution in [3.63, 3.8) is 0 Å². The van der Waals surface area contributed by atoms with Gasteiger partial charge in [0.05, 0.1) is 26.4 Å². The molecule has 0 aliphatic carbocycles. The van der Waals surface area contributed by atoms with Crippen LogP contribution in [-0.4, -0.2) is 67.3 Å². The summed E-state index contributed by atoms with van der Waals surface area (Å²) in [7, 11) is 0. The molecule has 9 heteroatoms. The van der Waals surface area contributed by atoms with Gasteiger partial charge in [-0.2, -0.15) is 0 Å². The maximum atomic E-state index is 13.9. The second-order valence-electron chi connectivity index (χ2n) is 14.9. The molecule has 0 spiro atoms. The molecule has 0 radical (unpaired) electrons. The molecule has 52 heavy (non-hydrogen) atoms. The van der Waals surface area contributed by atoms with E-state index < -0.39 is 36.4 Å². The first-order chi connectivity index (χ1) is 25.3. The van der Waals surface area contributed by atoms with Crippen LogP contribution in [0.1, 0.15) is 146 Å². The lowest BCUT2D eigenvalue weighted by molar-refractivity contribution is -0.369. The number of benzene rings is 2. The lowest BCUT2D eigenvalue weighted by atomic mass is 9.95. The Morgan fingerprint density at radius 3 is 1.98 bits per heavy atom.